The number of unbranched alkanes of at least 4 members (excludes halogenated alkanes) is 1. The Bertz CT molecular complexity index is 1150. The molecule has 0 aliphatic carbocycles. The van der Waals surface area contributed by atoms with Gasteiger partial charge in [0, 0.05) is 12.2 Å². The number of sulfonamides is 1. The zero-order valence-corrected chi connectivity index (χ0v) is 18.8. The molecule has 0 bridgehead atoms. The first-order valence-corrected chi connectivity index (χ1v) is 11.4. The molecular formula is C23H25N3O5S. The topological polar surface area (TPSA) is 131 Å². The number of benzene rings is 2. The Morgan fingerprint density at radius 2 is 1.81 bits per heavy atom. The van der Waals surface area contributed by atoms with Crippen LogP contribution in [-0.4, -0.2) is 33.3 Å². The summed E-state index contributed by atoms with van der Waals surface area (Å²) in [6.07, 6.45) is 1.47. The highest BCUT2D eigenvalue weighted by molar-refractivity contribution is 7.92. The molecule has 0 saturated heterocycles. The molecule has 32 heavy (non-hydrogen) atoms. The molecule has 0 atom stereocenters. The van der Waals surface area contributed by atoms with Gasteiger partial charge in [-0.2, -0.15) is 5.26 Å². The van der Waals surface area contributed by atoms with Gasteiger partial charge in [0.15, 0.2) is 6.61 Å². The predicted molar refractivity (Wildman–Crippen MR) is 120 cm³/mol. The van der Waals surface area contributed by atoms with Crippen LogP contribution in [0.5, 0.6) is 0 Å². The number of rotatable bonds is 10. The standard InChI is InChI=1S/C23H25N3O5S/c1-3-4-13-26(19-10-6-5-7-11-19)32(29,30)20-12-8-9-18(14-20)23(28)31-16-22(27)21(15-24)17(2)25/h5-12,14H,3-4,13,16,25H2,1-2H3/b21-17-. The number of allylic oxidation sites excluding steroid dienone is 1. The van der Waals surface area contributed by atoms with Crippen LogP contribution in [0.2, 0.25) is 0 Å². The van der Waals surface area contributed by atoms with E-state index >= 15 is 0 Å². The zero-order valence-electron chi connectivity index (χ0n) is 17.9. The number of esters is 1. The number of para-hydroxylation sites is 1. The van der Waals surface area contributed by atoms with E-state index in [1.54, 1.807) is 36.4 Å². The summed E-state index contributed by atoms with van der Waals surface area (Å²) in [6, 6.07) is 15.8. The molecule has 168 valence electrons. The number of nitrogens with two attached hydrogens (primary N) is 1. The van der Waals surface area contributed by atoms with Crippen molar-refractivity contribution in [3.63, 3.8) is 0 Å². The summed E-state index contributed by atoms with van der Waals surface area (Å²) in [7, 11) is -3.95. The molecule has 0 heterocycles. The molecule has 2 aromatic carbocycles. The van der Waals surface area contributed by atoms with Crippen LogP contribution in [0.25, 0.3) is 0 Å². The van der Waals surface area contributed by atoms with Crippen LogP contribution >= 0.6 is 0 Å². The first-order valence-electron chi connectivity index (χ1n) is 9.97. The maximum atomic E-state index is 13.3. The number of ether oxygens (including phenoxy) is 1. The number of nitriles is 1. The van der Waals surface area contributed by atoms with Gasteiger partial charge in [0.1, 0.15) is 11.6 Å². The first kappa shape index (κ1) is 24.6. The lowest BCUT2D eigenvalue weighted by Crippen LogP contribution is -2.32. The van der Waals surface area contributed by atoms with E-state index in [-0.39, 0.29) is 28.3 Å². The van der Waals surface area contributed by atoms with Crippen LogP contribution in [-0.2, 0) is 19.6 Å². The van der Waals surface area contributed by atoms with Gasteiger partial charge >= 0.3 is 5.97 Å². The van der Waals surface area contributed by atoms with Crippen LogP contribution in [0, 0.1) is 11.3 Å². The summed E-state index contributed by atoms with van der Waals surface area (Å²) >= 11 is 0. The number of carbonyl (C=O) groups is 2. The van der Waals surface area contributed by atoms with Crippen molar-refractivity contribution in [2.45, 2.75) is 31.6 Å². The number of anilines is 1. The Kier molecular flexibility index (Phi) is 8.55. The number of hydrogen-bond donors (Lipinski definition) is 1. The van der Waals surface area contributed by atoms with Crippen LogP contribution in [0.3, 0.4) is 0 Å². The van der Waals surface area contributed by atoms with Gasteiger partial charge in [-0.1, -0.05) is 37.6 Å². The second-order valence-corrected chi connectivity index (χ2v) is 8.83. The van der Waals surface area contributed by atoms with E-state index in [9.17, 15) is 18.0 Å². The number of Topliss-reactive ketones (excluding diaryl/α,β-unsaturated/α-hetero) is 1. The summed E-state index contributed by atoms with van der Waals surface area (Å²) in [4.78, 5) is 24.3. The Balaban J connectivity index is 2.28. The van der Waals surface area contributed by atoms with Crippen molar-refractivity contribution in [1.82, 2.24) is 0 Å². The minimum Gasteiger partial charge on any atom is -0.454 e. The summed E-state index contributed by atoms with van der Waals surface area (Å²) in [6.45, 7) is 2.96. The second-order valence-electron chi connectivity index (χ2n) is 6.96. The first-order chi connectivity index (χ1) is 15.2. The average Bonchev–Trinajstić information content (AvgIpc) is 2.78. The van der Waals surface area contributed by atoms with Crippen LogP contribution < -0.4 is 10.0 Å². The maximum absolute atomic E-state index is 13.3. The molecule has 0 fully saturated rings. The maximum Gasteiger partial charge on any atom is 0.338 e. The van der Waals surface area contributed by atoms with Gasteiger partial charge in [0.25, 0.3) is 10.0 Å². The fourth-order valence-electron chi connectivity index (χ4n) is 2.85. The fourth-order valence-corrected chi connectivity index (χ4v) is 4.40. The smallest absolute Gasteiger partial charge is 0.338 e. The van der Waals surface area contributed by atoms with Crippen molar-refractivity contribution in [1.29, 1.82) is 5.26 Å². The van der Waals surface area contributed by atoms with E-state index in [1.165, 1.54) is 35.5 Å². The molecule has 0 radical (unpaired) electrons. The molecule has 9 heteroatoms. The highest BCUT2D eigenvalue weighted by Gasteiger charge is 2.26. The predicted octanol–water partition coefficient (Wildman–Crippen LogP) is 3.16. The third-order valence-corrected chi connectivity index (χ3v) is 6.36. The minimum absolute atomic E-state index is 0.0229. The largest absolute Gasteiger partial charge is 0.454 e. The Morgan fingerprint density at radius 3 is 2.41 bits per heavy atom. The van der Waals surface area contributed by atoms with Gasteiger partial charge in [-0.25, -0.2) is 13.2 Å². The monoisotopic (exact) mass is 455 g/mol. The van der Waals surface area contributed by atoms with Crippen molar-refractivity contribution in [3.8, 4) is 6.07 Å². The average molecular weight is 456 g/mol. The van der Waals surface area contributed by atoms with E-state index in [0.29, 0.717) is 12.1 Å². The van der Waals surface area contributed by atoms with Crippen molar-refractivity contribution in [2.24, 2.45) is 5.73 Å². The van der Waals surface area contributed by atoms with E-state index < -0.39 is 28.4 Å². The van der Waals surface area contributed by atoms with Gasteiger partial charge in [-0.3, -0.25) is 9.10 Å². The summed E-state index contributed by atoms with van der Waals surface area (Å²) in [5.41, 5.74) is 5.69. The van der Waals surface area contributed by atoms with Gasteiger partial charge in [-0.05, 0) is 43.7 Å². The van der Waals surface area contributed by atoms with Gasteiger partial charge in [0.05, 0.1) is 16.1 Å². The lowest BCUT2D eigenvalue weighted by atomic mass is 10.1. The zero-order chi connectivity index (χ0) is 23.7. The number of nitrogens with zero attached hydrogens (tertiary/aromatic N) is 2. The number of hydrogen-bond acceptors (Lipinski definition) is 7. The highest BCUT2D eigenvalue weighted by Crippen LogP contribution is 2.25. The molecule has 2 N–H and O–H groups in total. The molecule has 0 aliphatic heterocycles. The molecule has 8 nitrogen and oxygen atoms in total. The van der Waals surface area contributed by atoms with Crippen molar-refractivity contribution in [3.05, 3.63) is 71.4 Å². The molecule has 0 aliphatic rings. The third kappa shape index (κ3) is 5.95. The van der Waals surface area contributed by atoms with E-state index in [1.807, 2.05) is 6.92 Å². The number of carbonyl (C=O) groups excluding carboxylic acids is 2. The van der Waals surface area contributed by atoms with E-state index in [2.05, 4.69) is 0 Å². The lowest BCUT2D eigenvalue weighted by molar-refractivity contribution is -0.118. The Labute approximate surface area is 188 Å². The van der Waals surface area contributed by atoms with Gasteiger partial charge < -0.3 is 10.5 Å². The summed E-state index contributed by atoms with van der Waals surface area (Å²) < 4.78 is 33.0. The molecule has 0 spiro atoms. The highest BCUT2D eigenvalue weighted by atomic mass is 32.2. The molecule has 0 amide bonds. The van der Waals surface area contributed by atoms with Gasteiger partial charge in [0.2, 0.25) is 5.78 Å². The molecule has 0 unspecified atom stereocenters. The Morgan fingerprint density at radius 1 is 1.12 bits per heavy atom. The SMILES string of the molecule is CCCCN(c1ccccc1)S(=O)(=O)c1cccc(C(=O)OCC(=O)/C(C#N)=C(/C)N)c1. The lowest BCUT2D eigenvalue weighted by Gasteiger charge is -2.24. The second kappa shape index (κ2) is 11.1. The summed E-state index contributed by atoms with van der Waals surface area (Å²) in [5, 5.41) is 8.96. The molecular weight excluding hydrogens is 430 g/mol. The Hall–Kier alpha value is -3.64. The van der Waals surface area contributed by atoms with E-state index in [4.69, 9.17) is 15.7 Å². The molecule has 0 saturated carbocycles. The summed E-state index contributed by atoms with van der Waals surface area (Å²) in [5.74, 6) is -1.62. The third-order valence-electron chi connectivity index (χ3n) is 4.54. The molecule has 2 rings (SSSR count). The van der Waals surface area contributed by atoms with Crippen molar-refractivity contribution >= 4 is 27.5 Å². The van der Waals surface area contributed by atoms with Gasteiger partial charge in [-0.15, -0.1) is 0 Å². The fraction of sp³-hybridized carbons (Fsp3) is 0.261. The van der Waals surface area contributed by atoms with Crippen LogP contribution in [0.4, 0.5) is 5.69 Å². The van der Waals surface area contributed by atoms with Crippen molar-refractivity contribution < 1.29 is 22.7 Å². The van der Waals surface area contributed by atoms with E-state index in [0.717, 1.165) is 6.42 Å². The van der Waals surface area contributed by atoms with Crippen LogP contribution in [0.15, 0.2) is 70.8 Å². The van der Waals surface area contributed by atoms with Crippen molar-refractivity contribution in [2.75, 3.05) is 17.5 Å². The molecule has 0 aromatic heterocycles. The number of ketones is 1. The van der Waals surface area contributed by atoms with Crippen LogP contribution in [0.1, 0.15) is 37.0 Å². The molecule has 2 aromatic rings. The normalized spacial score (nSPS) is 11.8. The minimum atomic E-state index is -3.95. The quantitative estimate of drug-likeness (QED) is 0.331.